The Balaban J connectivity index is 1.06. The third-order valence-corrected chi connectivity index (χ3v) is 16.4. The molecular weight excluding hydrogens is 594 g/mol. The zero-order valence-corrected chi connectivity index (χ0v) is 30.9. The first kappa shape index (κ1) is 34.3. The molecule has 1 amide bonds. The number of nitrogens with zero attached hydrogens (tertiary/aromatic N) is 2. The third-order valence-electron chi connectivity index (χ3n) is 16.4. The molecule has 6 aliphatic rings. The van der Waals surface area contributed by atoms with E-state index in [2.05, 4.69) is 62.9 Å². The summed E-state index contributed by atoms with van der Waals surface area (Å²) in [5, 5.41) is 13.3. The monoisotopic (exact) mass is 657 g/mol. The van der Waals surface area contributed by atoms with Crippen LogP contribution in [0.4, 0.5) is 0 Å². The molecule has 5 aliphatic carbocycles. The zero-order chi connectivity index (χ0) is 34.1. The highest BCUT2D eigenvalue weighted by Gasteiger charge is 2.69. The van der Waals surface area contributed by atoms with Crippen LogP contribution in [0, 0.1) is 50.7 Å². The Labute approximate surface area is 290 Å². The summed E-state index contributed by atoms with van der Waals surface area (Å²) in [6, 6.07) is 7.63. The molecule has 48 heavy (non-hydrogen) atoms. The van der Waals surface area contributed by atoms with Crippen molar-refractivity contribution in [3.05, 3.63) is 41.5 Å². The number of piperazine rings is 1. The fourth-order valence-corrected chi connectivity index (χ4v) is 13.6. The maximum absolute atomic E-state index is 12.9. The van der Waals surface area contributed by atoms with E-state index in [4.69, 9.17) is 0 Å². The number of fused-ring (bicyclic) bond motifs is 7. The lowest BCUT2D eigenvalue weighted by Crippen LogP contribution is -2.65. The molecule has 0 radical (unpaired) electrons. The molecule has 7 rings (SSSR count). The molecular formula is C42H63N3O3. The van der Waals surface area contributed by atoms with Crippen LogP contribution in [0.15, 0.2) is 30.3 Å². The first-order chi connectivity index (χ1) is 22.8. The van der Waals surface area contributed by atoms with E-state index in [0.717, 1.165) is 63.4 Å². The van der Waals surface area contributed by atoms with E-state index in [9.17, 15) is 14.7 Å². The van der Waals surface area contributed by atoms with E-state index >= 15 is 0 Å². The molecule has 2 N–H and O–H groups in total. The second kappa shape index (κ2) is 12.2. The number of carboxylic acid groups (broad SMARTS) is 1. The van der Waals surface area contributed by atoms with Gasteiger partial charge in [0.05, 0.1) is 5.56 Å². The van der Waals surface area contributed by atoms with Gasteiger partial charge in [-0.2, -0.15) is 0 Å². The molecule has 0 bridgehead atoms. The molecule has 8 atom stereocenters. The van der Waals surface area contributed by atoms with Gasteiger partial charge in [0.2, 0.25) is 5.91 Å². The van der Waals surface area contributed by atoms with Gasteiger partial charge in [-0.25, -0.2) is 4.79 Å². The van der Waals surface area contributed by atoms with Crippen molar-refractivity contribution in [2.24, 2.45) is 50.7 Å². The lowest BCUT2D eigenvalue weighted by atomic mass is 9.32. The molecule has 6 heteroatoms. The highest BCUT2D eigenvalue weighted by molar-refractivity contribution is 5.88. The highest BCUT2D eigenvalue weighted by atomic mass is 16.4. The number of rotatable bonds is 7. The van der Waals surface area contributed by atoms with E-state index in [-0.39, 0.29) is 10.8 Å². The number of benzene rings is 1. The molecule has 1 aromatic carbocycles. The van der Waals surface area contributed by atoms with Crippen LogP contribution >= 0.6 is 0 Å². The number of carbonyl (C=O) groups is 2. The summed E-state index contributed by atoms with van der Waals surface area (Å²) in [6.07, 6.45) is 16.5. The summed E-state index contributed by atoms with van der Waals surface area (Å²) < 4.78 is 0. The minimum Gasteiger partial charge on any atom is -0.478 e. The molecule has 0 spiro atoms. The van der Waals surface area contributed by atoms with Crippen molar-refractivity contribution in [1.29, 1.82) is 0 Å². The van der Waals surface area contributed by atoms with Gasteiger partial charge in [-0.3, -0.25) is 4.79 Å². The number of aromatic carboxylic acids is 1. The van der Waals surface area contributed by atoms with Crippen LogP contribution < -0.4 is 5.32 Å². The van der Waals surface area contributed by atoms with Crippen LogP contribution in [0.1, 0.15) is 121 Å². The molecule has 0 aromatic heterocycles. The Hall–Kier alpha value is -2.18. The third kappa shape index (κ3) is 5.24. The lowest BCUT2D eigenvalue weighted by molar-refractivity contribution is -0.222. The molecule has 5 fully saturated rings. The summed E-state index contributed by atoms with van der Waals surface area (Å²) in [4.78, 5) is 28.8. The normalized spacial score (nSPS) is 40.6. The number of nitrogens with one attached hydrogen (secondary N) is 1. The summed E-state index contributed by atoms with van der Waals surface area (Å²) in [5.41, 5.74) is 4.42. The van der Waals surface area contributed by atoms with E-state index in [1.165, 1.54) is 68.9 Å². The summed E-state index contributed by atoms with van der Waals surface area (Å²) >= 11 is 0. The van der Waals surface area contributed by atoms with Crippen molar-refractivity contribution in [3.63, 3.8) is 0 Å². The first-order valence-corrected chi connectivity index (χ1v) is 19.5. The van der Waals surface area contributed by atoms with Gasteiger partial charge in [0.25, 0.3) is 0 Å². The quantitative estimate of drug-likeness (QED) is 0.291. The number of hydrogen-bond donors (Lipinski definition) is 2. The Kier molecular flexibility index (Phi) is 8.75. The summed E-state index contributed by atoms with van der Waals surface area (Å²) in [7, 11) is 2.14. The second-order valence-corrected chi connectivity index (χ2v) is 18.6. The maximum Gasteiger partial charge on any atom is 0.335 e. The van der Waals surface area contributed by atoms with Gasteiger partial charge in [0.1, 0.15) is 0 Å². The van der Waals surface area contributed by atoms with E-state index < -0.39 is 5.97 Å². The molecule has 1 saturated heterocycles. The van der Waals surface area contributed by atoms with E-state index in [1.54, 1.807) is 12.1 Å². The van der Waals surface area contributed by atoms with Crippen molar-refractivity contribution < 1.29 is 14.7 Å². The zero-order valence-electron chi connectivity index (χ0n) is 30.9. The average Bonchev–Trinajstić information content (AvgIpc) is 3.48. The Bertz CT molecular complexity index is 1430. The number of allylic oxidation sites excluding steroid dienone is 2. The topological polar surface area (TPSA) is 72.9 Å². The number of carbonyl (C=O) groups excluding carboxylic acids is 1. The molecule has 7 unspecified atom stereocenters. The first-order valence-electron chi connectivity index (χ1n) is 19.5. The van der Waals surface area contributed by atoms with Gasteiger partial charge in [-0.05, 0) is 139 Å². The fraction of sp³-hybridized carbons (Fsp3) is 0.762. The van der Waals surface area contributed by atoms with Crippen molar-refractivity contribution in [1.82, 2.24) is 15.1 Å². The average molecular weight is 658 g/mol. The maximum atomic E-state index is 12.9. The van der Waals surface area contributed by atoms with E-state index in [1.807, 2.05) is 12.1 Å². The highest BCUT2D eigenvalue weighted by Crippen LogP contribution is 2.77. The van der Waals surface area contributed by atoms with Crippen LogP contribution in [0.25, 0.3) is 5.57 Å². The van der Waals surface area contributed by atoms with Crippen LogP contribution in [0.5, 0.6) is 0 Å². The molecule has 1 aliphatic heterocycles. The van der Waals surface area contributed by atoms with Gasteiger partial charge in [0, 0.05) is 45.7 Å². The van der Waals surface area contributed by atoms with Gasteiger partial charge in [-0.1, -0.05) is 59.2 Å². The van der Waals surface area contributed by atoms with Gasteiger partial charge in [-0.15, -0.1) is 0 Å². The fourth-order valence-electron chi connectivity index (χ4n) is 13.6. The second-order valence-electron chi connectivity index (χ2n) is 18.6. The predicted molar refractivity (Wildman–Crippen MR) is 194 cm³/mol. The SMILES string of the molecule is CN1CCN(C(=O)CCNCC23CCCC2C2CCC4C5(C)CC=C(c6ccc(C(=O)O)cc6)C(C)(C)C5CCC4(C)[C@]2(C)CC3)CC1. The molecule has 1 aromatic rings. The Morgan fingerprint density at radius 2 is 1.56 bits per heavy atom. The lowest BCUT2D eigenvalue weighted by Gasteiger charge is -2.72. The number of amides is 1. The number of hydrogen-bond acceptors (Lipinski definition) is 4. The minimum absolute atomic E-state index is 0.0431. The van der Waals surface area contributed by atoms with Crippen molar-refractivity contribution in [2.75, 3.05) is 46.3 Å². The predicted octanol–water partition coefficient (Wildman–Crippen LogP) is 7.99. The largest absolute Gasteiger partial charge is 0.478 e. The van der Waals surface area contributed by atoms with Gasteiger partial charge < -0.3 is 20.2 Å². The molecule has 1 heterocycles. The van der Waals surface area contributed by atoms with Crippen LogP contribution in [0.3, 0.4) is 0 Å². The molecule has 264 valence electrons. The molecule has 4 saturated carbocycles. The number of likely N-dealkylation sites (N-methyl/N-ethyl adjacent to an activating group) is 1. The summed E-state index contributed by atoms with van der Waals surface area (Å²) in [6.45, 7) is 18.7. The van der Waals surface area contributed by atoms with Crippen LogP contribution in [-0.4, -0.2) is 73.1 Å². The van der Waals surface area contributed by atoms with Crippen molar-refractivity contribution in [3.8, 4) is 0 Å². The Morgan fingerprint density at radius 1 is 0.833 bits per heavy atom. The smallest absolute Gasteiger partial charge is 0.335 e. The number of carboxylic acids is 1. The Morgan fingerprint density at radius 3 is 2.27 bits per heavy atom. The van der Waals surface area contributed by atoms with Crippen molar-refractivity contribution >= 4 is 17.4 Å². The van der Waals surface area contributed by atoms with Gasteiger partial charge >= 0.3 is 5.97 Å². The molecule has 6 nitrogen and oxygen atoms in total. The summed E-state index contributed by atoms with van der Waals surface area (Å²) in [5.74, 6) is 2.43. The van der Waals surface area contributed by atoms with Gasteiger partial charge in [0.15, 0.2) is 0 Å². The van der Waals surface area contributed by atoms with Crippen molar-refractivity contribution in [2.45, 2.75) is 105 Å². The minimum atomic E-state index is -0.858. The van der Waals surface area contributed by atoms with E-state index in [0.29, 0.717) is 40.1 Å². The standard InChI is InChI=1S/C42H63N3O3/c1-38(2)31(29-9-11-30(12-10-29)37(47)48)15-19-39(3)34(38)16-20-41(5)35(39)14-13-32-33-8-7-18-42(33,22-21-40(32,41)4)28-43-23-17-36(46)45-26-24-44(6)25-27-45/h9-12,15,32-35,43H,7-8,13-14,16-28H2,1-6H3,(H,47,48)/t32?,33?,34?,35?,39?,40-,41?,42?/m1/s1. The van der Waals surface area contributed by atoms with Crippen LogP contribution in [-0.2, 0) is 4.79 Å². The van der Waals surface area contributed by atoms with Crippen LogP contribution in [0.2, 0.25) is 0 Å².